The SMILES string of the molecule is CC(Nc1ccc(OC(F)F)c(Cl)c1)c1cccnc1. The lowest BCUT2D eigenvalue weighted by atomic mass is 10.1. The van der Waals surface area contributed by atoms with E-state index in [4.69, 9.17) is 11.6 Å². The highest BCUT2D eigenvalue weighted by Crippen LogP contribution is 2.30. The van der Waals surface area contributed by atoms with Gasteiger partial charge in [-0.25, -0.2) is 0 Å². The second kappa shape index (κ2) is 6.52. The summed E-state index contributed by atoms with van der Waals surface area (Å²) in [6.45, 7) is -0.922. The fourth-order valence-electron chi connectivity index (χ4n) is 1.75. The average molecular weight is 299 g/mol. The summed E-state index contributed by atoms with van der Waals surface area (Å²) in [6.07, 6.45) is 3.46. The van der Waals surface area contributed by atoms with Crippen molar-refractivity contribution in [2.24, 2.45) is 0 Å². The minimum atomic E-state index is -2.89. The maximum Gasteiger partial charge on any atom is 0.387 e. The Hall–Kier alpha value is -1.88. The van der Waals surface area contributed by atoms with Gasteiger partial charge in [-0.3, -0.25) is 4.98 Å². The summed E-state index contributed by atoms with van der Waals surface area (Å²) in [6, 6.07) is 8.40. The summed E-state index contributed by atoms with van der Waals surface area (Å²) >= 11 is 5.89. The Morgan fingerprint density at radius 2 is 2.10 bits per heavy atom. The number of hydrogen-bond acceptors (Lipinski definition) is 3. The van der Waals surface area contributed by atoms with Crippen LogP contribution in [0.25, 0.3) is 0 Å². The molecule has 1 unspecified atom stereocenters. The highest BCUT2D eigenvalue weighted by atomic mass is 35.5. The van der Waals surface area contributed by atoms with Gasteiger partial charge in [-0.2, -0.15) is 8.78 Å². The number of anilines is 1. The molecule has 1 atom stereocenters. The molecule has 20 heavy (non-hydrogen) atoms. The van der Waals surface area contributed by atoms with E-state index in [1.165, 1.54) is 6.07 Å². The van der Waals surface area contributed by atoms with Crippen LogP contribution in [0.4, 0.5) is 14.5 Å². The molecular weight excluding hydrogens is 286 g/mol. The summed E-state index contributed by atoms with van der Waals surface area (Å²) in [5.74, 6) is -0.0405. The van der Waals surface area contributed by atoms with Crippen LogP contribution >= 0.6 is 11.6 Å². The first-order chi connectivity index (χ1) is 9.56. The largest absolute Gasteiger partial charge is 0.433 e. The second-order valence-electron chi connectivity index (χ2n) is 4.18. The lowest BCUT2D eigenvalue weighted by Crippen LogP contribution is -2.07. The van der Waals surface area contributed by atoms with Crippen molar-refractivity contribution < 1.29 is 13.5 Å². The van der Waals surface area contributed by atoms with Gasteiger partial charge in [-0.05, 0) is 36.8 Å². The molecule has 2 aromatic rings. The average Bonchev–Trinajstić information content (AvgIpc) is 2.42. The third kappa shape index (κ3) is 3.81. The van der Waals surface area contributed by atoms with Gasteiger partial charge in [0.05, 0.1) is 11.1 Å². The minimum absolute atomic E-state index is 0.0154. The van der Waals surface area contributed by atoms with Crippen molar-refractivity contribution in [1.29, 1.82) is 0 Å². The van der Waals surface area contributed by atoms with Crippen LogP contribution in [0.3, 0.4) is 0 Å². The number of benzene rings is 1. The van der Waals surface area contributed by atoms with E-state index in [-0.39, 0.29) is 16.8 Å². The van der Waals surface area contributed by atoms with Crippen molar-refractivity contribution in [3.05, 3.63) is 53.3 Å². The molecule has 1 heterocycles. The first kappa shape index (κ1) is 14.5. The summed E-state index contributed by atoms with van der Waals surface area (Å²) in [4.78, 5) is 4.04. The second-order valence-corrected chi connectivity index (χ2v) is 4.58. The van der Waals surface area contributed by atoms with Crippen LogP contribution in [0.5, 0.6) is 5.75 Å². The number of nitrogens with one attached hydrogen (secondary N) is 1. The van der Waals surface area contributed by atoms with E-state index in [9.17, 15) is 8.78 Å². The molecule has 0 saturated carbocycles. The molecule has 0 bridgehead atoms. The molecule has 0 spiro atoms. The number of aromatic nitrogens is 1. The molecule has 106 valence electrons. The Balaban J connectivity index is 2.09. The number of hydrogen-bond donors (Lipinski definition) is 1. The van der Waals surface area contributed by atoms with Crippen molar-refractivity contribution in [1.82, 2.24) is 4.98 Å². The Morgan fingerprint density at radius 3 is 2.70 bits per heavy atom. The molecule has 6 heteroatoms. The summed E-state index contributed by atoms with van der Waals surface area (Å²) < 4.78 is 28.5. The van der Waals surface area contributed by atoms with E-state index in [0.29, 0.717) is 5.69 Å². The van der Waals surface area contributed by atoms with Crippen LogP contribution in [-0.2, 0) is 0 Å². The van der Waals surface area contributed by atoms with Crippen molar-refractivity contribution in [3.63, 3.8) is 0 Å². The van der Waals surface area contributed by atoms with Crippen LogP contribution in [0.2, 0.25) is 5.02 Å². The number of alkyl halides is 2. The standard InChI is InChI=1S/C14H13ClF2N2O/c1-9(10-3-2-6-18-8-10)19-11-4-5-13(12(15)7-11)20-14(16)17/h2-9,14,19H,1H3. The number of ether oxygens (including phenoxy) is 1. The first-order valence-electron chi connectivity index (χ1n) is 5.97. The third-order valence-corrected chi connectivity index (χ3v) is 3.01. The van der Waals surface area contributed by atoms with Gasteiger partial charge in [-0.15, -0.1) is 0 Å². The molecule has 0 radical (unpaired) electrons. The van der Waals surface area contributed by atoms with Gasteiger partial charge >= 0.3 is 6.61 Å². The molecule has 0 aliphatic rings. The molecule has 3 nitrogen and oxygen atoms in total. The van der Waals surface area contributed by atoms with Crippen LogP contribution in [-0.4, -0.2) is 11.6 Å². The Labute approximate surface area is 120 Å². The molecular formula is C14H13ClF2N2O. The van der Waals surface area contributed by atoms with Crippen LogP contribution in [0.1, 0.15) is 18.5 Å². The fourth-order valence-corrected chi connectivity index (χ4v) is 1.97. The number of halogens is 3. The van der Waals surface area contributed by atoms with Crippen LogP contribution in [0.15, 0.2) is 42.7 Å². The Morgan fingerprint density at radius 1 is 1.30 bits per heavy atom. The molecule has 0 saturated heterocycles. The van der Waals surface area contributed by atoms with Crippen LogP contribution in [0, 0.1) is 0 Å². The van der Waals surface area contributed by atoms with E-state index in [1.54, 1.807) is 24.5 Å². The van der Waals surface area contributed by atoms with Gasteiger partial charge < -0.3 is 10.1 Å². The van der Waals surface area contributed by atoms with Crippen molar-refractivity contribution >= 4 is 17.3 Å². The smallest absolute Gasteiger partial charge is 0.387 e. The monoisotopic (exact) mass is 298 g/mol. The molecule has 0 amide bonds. The maximum absolute atomic E-state index is 12.1. The first-order valence-corrected chi connectivity index (χ1v) is 6.35. The van der Waals surface area contributed by atoms with Gasteiger partial charge in [0.1, 0.15) is 5.75 Å². The summed E-state index contributed by atoms with van der Waals surface area (Å²) in [7, 11) is 0. The Bertz CT molecular complexity index is 566. The van der Waals surface area contributed by atoms with E-state index >= 15 is 0 Å². The molecule has 1 aromatic heterocycles. The maximum atomic E-state index is 12.1. The number of nitrogens with zero attached hydrogens (tertiary/aromatic N) is 1. The molecule has 1 N–H and O–H groups in total. The van der Waals surface area contributed by atoms with Gasteiger partial charge in [0.25, 0.3) is 0 Å². The quantitative estimate of drug-likeness (QED) is 0.882. The fraction of sp³-hybridized carbons (Fsp3) is 0.214. The molecule has 2 rings (SSSR count). The lowest BCUT2D eigenvalue weighted by Gasteiger charge is -2.16. The zero-order valence-electron chi connectivity index (χ0n) is 10.7. The molecule has 0 aliphatic carbocycles. The van der Waals surface area contributed by atoms with E-state index in [0.717, 1.165) is 5.56 Å². The van der Waals surface area contributed by atoms with Crippen molar-refractivity contribution in [3.8, 4) is 5.75 Å². The van der Waals surface area contributed by atoms with E-state index < -0.39 is 6.61 Å². The molecule has 1 aromatic carbocycles. The normalized spacial score (nSPS) is 12.2. The predicted molar refractivity (Wildman–Crippen MR) is 74.4 cm³/mol. The van der Waals surface area contributed by atoms with Crippen molar-refractivity contribution in [2.45, 2.75) is 19.6 Å². The minimum Gasteiger partial charge on any atom is -0.433 e. The van der Waals surface area contributed by atoms with E-state index in [2.05, 4.69) is 15.0 Å². The zero-order valence-corrected chi connectivity index (χ0v) is 11.4. The summed E-state index contributed by atoms with van der Waals surface area (Å²) in [5, 5.41) is 3.35. The van der Waals surface area contributed by atoms with E-state index in [1.807, 2.05) is 19.1 Å². The highest BCUT2D eigenvalue weighted by molar-refractivity contribution is 6.32. The third-order valence-electron chi connectivity index (χ3n) is 2.72. The number of pyridine rings is 1. The Kier molecular flexibility index (Phi) is 4.74. The lowest BCUT2D eigenvalue weighted by molar-refractivity contribution is -0.0497. The summed E-state index contributed by atoms with van der Waals surface area (Å²) in [5.41, 5.74) is 1.73. The zero-order chi connectivity index (χ0) is 14.5. The van der Waals surface area contributed by atoms with Crippen LogP contribution < -0.4 is 10.1 Å². The highest BCUT2D eigenvalue weighted by Gasteiger charge is 2.10. The topological polar surface area (TPSA) is 34.1 Å². The molecule has 0 aliphatic heterocycles. The molecule has 0 fully saturated rings. The van der Waals surface area contributed by atoms with Gasteiger partial charge in [-0.1, -0.05) is 17.7 Å². The van der Waals surface area contributed by atoms with Gasteiger partial charge in [0.2, 0.25) is 0 Å². The number of rotatable bonds is 5. The van der Waals surface area contributed by atoms with Gasteiger partial charge in [0.15, 0.2) is 0 Å². The van der Waals surface area contributed by atoms with Crippen molar-refractivity contribution in [2.75, 3.05) is 5.32 Å². The van der Waals surface area contributed by atoms with Gasteiger partial charge in [0, 0.05) is 18.1 Å². The predicted octanol–water partition coefficient (Wildman–Crippen LogP) is 4.51.